The number of benzene rings is 2. The van der Waals surface area contributed by atoms with Gasteiger partial charge in [-0.1, -0.05) is 49.0 Å². The van der Waals surface area contributed by atoms with Gasteiger partial charge in [-0.25, -0.2) is 4.79 Å². The summed E-state index contributed by atoms with van der Waals surface area (Å²) in [4.78, 5) is 11.1. The number of hydrogen-bond donors (Lipinski definition) is 0. The standard InChI is InChI=1S/C24H30O6/c1-20(2)24(25)30-19-17-28-15-13-26-12-14-27-16-18-29-23-10-8-22(9-11-23)21-6-4-3-5-7-21/h3-11H,1,12-19H2,2H3. The Morgan fingerprint density at radius 1 is 0.700 bits per heavy atom. The summed E-state index contributed by atoms with van der Waals surface area (Å²) in [7, 11) is 0. The molecule has 0 bridgehead atoms. The number of esters is 1. The van der Waals surface area contributed by atoms with Gasteiger partial charge in [0, 0.05) is 5.57 Å². The Morgan fingerprint density at radius 3 is 1.77 bits per heavy atom. The van der Waals surface area contributed by atoms with Gasteiger partial charge < -0.3 is 23.7 Å². The second-order valence-electron chi connectivity index (χ2n) is 6.49. The van der Waals surface area contributed by atoms with Crippen LogP contribution in [0.3, 0.4) is 0 Å². The Morgan fingerprint density at radius 2 is 1.20 bits per heavy atom. The van der Waals surface area contributed by atoms with Gasteiger partial charge in [0.2, 0.25) is 0 Å². The van der Waals surface area contributed by atoms with Crippen LogP contribution in [0, 0.1) is 0 Å². The van der Waals surface area contributed by atoms with Crippen molar-refractivity contribution in [3.63, 3.8) is 0 Å². The summed E-state index contributed by atoms with van der Waals surface area (Å²) in [6, 6.07) is 18.2. The van der Waals surface area contributed by atoms with E-state index in [1.54, 1.807) is 6.92 Å². The second kappa shape index (κ2) is 14.3. The number of hydrogen-bond acceptors (Lipinski definition) is 6. The molecule has 0 atom stereocenters. The molecule has 0 saturated heterocycles. The molecule has 0 aliphatic carbocycles. The molecular formula is C24H30O6. The highest BCUT2D eigenvalue weighted by atomic mass is 16.6. The lowest BCUT2D eigenvalue weighted by Crippen LogP contribution is -2.15. The quantitative estimate of drug-likeness (QED) is 0.250. The van der Waals surface area contributed by atoms with Crippen LogP contribution < -0.4 is 4.74 Å². The molecule has 0 aromatic heterocycles. The molecule has 0 fully saturated rings. The van der Waals surface area contributed by atoms with Crippen molar-refractivity contribution in [3.8, 4) is 16.9 Å². The van der Waals surface area contributed by atoms with Gasteiger partial charge in [0.15, 0.2) is 0 Å². The summed E-state index contributed by atoms with van der Waals surface area (Å²) in [6.45, 7) is 8.51. The first kappa shape index (κ1) is 23.6. The Labute approximate surface area is 178 Å². The molecule has 0 radical (unpaired) electrons. The fourth-order valence-corrected chi connectivity index (χ4v) is 2.45. The highest BCUT2D eigenvalue weighted by Crippen LogP contribution is 2.21. The van der Waals surface area contributed by atoms with Crippen LogP contribution in [0.1, 0.15) is 6.92 Å². The lowest BCUT2D eigenvalue weighted by atomic mass is 10.1. The van der Waals surface area contributed by atoms with Crippen molar-refractivity contribution < 1.29 is 28.5 Å². The van der Waals surface area contributed by atoms with Crippen LogP contribution in [-0.4, -0.2) is 58.8 Å². The molecule has 0 unspecified atom stereocenters. The molecule has 0 spiro atoms. The molecule has 0 saturated carbocycles. The van der Waals surface area contributed by atoms with E-state index in [-0.39, 0.29) is 6.61 Å². The molecular weight excluding hydrogens is 384 g/mol. The monoisotopic (exact) mass is 414 g/mol. The molecule has 0 N–H and O–H groups in total. The van der Waals surface area contributed by atoms with Crippen LogP contribution in [0.4, 0.5) is 0 Å². The topological polar surface area (TPSA) is 63.2 Å². The summed E-state index contributed by atoms with van der Waals surface area (Å²) < 4.78 is 26.8. The second-order valence-corrected chi connectivity index (χ2v) is 6.49. The molecule has 30 heavy (non-hydrogen) atoms. The van der Waals surface area contributed by atoms with Crippen molar-refractivity contribution in [2.24, 2.45) is 0 Å². The zero-order valence-electron chi connectivity index (χ0n) is 17.5. The van der Waals surface area contributed by atoms with Crippen molar-refractivity contribution in [2.75, 3.05) is 52.9 Å². The molecule has 2 rings (SSSR count). The van der Waals surface area contributed by atoms with E-state index in [2.05, 4.69) is 18.7 Å². The zero-order chi connectivity index (χ0) is 21.4. The molecule has 162 valence electrons. The van der Waals surface area contributed by atoms with Crippen molar-refractivity contribution in [1.82, 2.24) is 0 Å². The van der Waals surface area contributed by atoms with E-state index >= 15 is 0 Å². The van der Waals surface area contributed by atoms with Crippen molar-refractivity contribution in [1.29, 1.82) is 0 Å². The minimum absolute atomic E-state index is 0.212. The van der Waals surface area contributed by atoms with E-state index in [1.165, 1.54) is 5.56 Å². The number of ether oxygens (including phenoxy) is 5. The molecule has 2 aromatic carbocycles. The molecule has 0 aliphatic rings. The molecule has 0 aliphatic heterocycles. The first-order valence-corrected chi connectivity index (χ1v) is 10.0. The highest BCUT2D eigenvalue weighted by Gasteiger charge is 2.02. The Kier molecular flexibility index (Phi) is 11.3. The van der Waals surface area contributed by atoms with Gasteiger partial charge in [-0.05, 0) is 30.2 Å². The van der Waals surface area contributed by atoms with Gasteiger partial charge in [0.05, 0.1) is 39.6 Å². The Balaban J connectivity index is 1.41. The van der Waals surface area contributed by atoms with Gasteiger partial charge >= 0.3 is 5.97 Å². The predicted octanol–water partition coefficient (Wildman–Crippen LogP) is 3.90. The molecule has 6 nitrogen and oxygen atoms in total. The third-order valence-electron chi connectivity index (χ3n) is 4.01. The van der Waals surface area contributed by atoms with E-state index in [9.17, 15) is 4.79 Å². The number of carbonyl (C=O) groups is 1. The summed E-state index contributed by atoms with van der Waals surface area (Å²) in [6.07, 6.45) is 0. The van der Waals surface area contributed by atoms with Crippen LogP contribution in [0.15, 0.2) is 66.7 Å². The zero-order valence-corrected chi connectivity index (χ0v) is 17.5. The maximum Gasteiger partial charge on any atom is 0.333 e. The van der Waals surface area contributed by atoms with Crippen molar-refractivity contribution in [3.05, 3.63) is 66.7 Å². The third-order valence-corrected chi connectivity index (χ3v) is 4.01. The summed E-state index contributed by atoms with van der Waals surface area (Å²) in [5.41, 5.74) is 2.72. The minimum atomic E-state index is -0.403. The fourth-order valence-electron chi connectivity index (χ4n) is 2.45. The van der Waals surface area contributed by atoms with Crippen LogP contribution >= 0.6 is 0 Å². The summed E-state index contributed by atoms with van der Waals surface area (Å²) in [5.74, 6) is 0.417. The van der Waals surface area contributed by atoms with Crippen LogP contribution in [0.5, 0.6) is 5.75 Å². The fraction of sp³-hybridized carbons (Fsp3) is 0.375. The van der Waals surface area contributed by atoms with Gasteiger partial charge in [-0.3, -0.25) is 0 Å². The van der Waals surface area contributed by atoms with Gasteiger partial charge in [0.1, 0.15) is 19.0 Å². The van der Waals surface area contributed by atoms with E-state index in [1.807, 2.05) is 42.5 Å². The summed E-state index contributed by atoms with van der Waals surface area (Å²) in [5, 5.41) is 0. The number of carbonyl (C=O) groups excluding carboxylic acids is 1. The van der Waals surface area contributed by atoms with Gasteiger partial charge in [-0.2, -0.15) is 0 Å². The normalized spacial score (nSPS) is 10.6. The van der Waals surface area contributed by atoms with E-state index in [0.29, 0.717) is 51.8 Å². The third kappa shape index (κ3) is 9.69. The Bertz CT molecular complexity index is 742. The van der Waals surface area contributed by atoms with E-state index < -0.39 is 5.97 Å². The molecule has 0 amide bonds. The van der Waals surface area contributed by atoms with E-state index in [0.717, 1.165) is 11.3 Å². The average molecular weight is 414 g/mol. The lowest BCUT2D eigenvalue weighted by molar-refractivity contribution is -0.140. The predicted molar refractivity (Wildman–Crippen MR) is 116 cm³/mol. The Hall–Kier alpha value is -2.67. The van der Waals surface area contributed by atoms with Gasteiger partial charge in [0.25, 0.3) is 0 Å². The van der Waals surface area contributed by atoms with Crippen LogP contribution in [-0.2, 0) is 23.7 Å². The smallest absolute Gasteiger partial charge is 0.333 e. The number of rotatable bonds is 15. The van der Waals surface area contributed by atoms with Gasteiger partial charge in [-0.15, -0.1) is 0 Å². The molecule has 0 heterocycles. The largest absolute Gasteiger partial charge is 0.491 e. The highest BCUT2D eigenvalue weighted by molar-refractivity contribution is 5.86. The van der Waals surface area contributed by atoms with E-state index in [4.69, 9.17) is 23.7 Å². The molecule has 2 aromatic rings. The maximum absolute atomic E-state index is 11.1. The van der Waals surface area contributed by atoms with Crippen molar-refractivity contribution in [2.45, 2.75) is 6.92 Å². The average Bonchev–Trinajstić information content (AvgIpc) is 2.77. The first-order valence-electron chi connectivity index (χ1n) is 10.0. The minimum Gasteiger partial charge on any atom is -0.491 e. The SMILES string of the molecule is C=C(C)C(=O)OCCOCCOCCOCCOc1ccc(-c2ccccc2)cc1. The first-order chi connectivity index (χ1) is 14.7. The maximum atomic E-state index is 11.1. The lowest BCUT2D eigenvalue weighted by Gasteiger charge is -2.09. The molecule has 6 heteroatoms. The van der Waals surface area contributed by atoms with Crippen molar-refractivity contribution >= 4 is 5.97 Å². The summed E-state index contributed by atoms with van der Waals surface area (Å²) >= 11 is 0. The van der Waals surface area contributed by atoms with Crippen LogP contribution in [0.25, 0.3) is 11.1 Å². The van der Waals surface area contributed by atoms with Crippen LogP contribution in [0.2, 0.25) is 0 Å².